The number of rotatable bonds is 7. The smallest absolute Gasteiger partial charge is 0.448 e. The van der Waals surface area contributed by atoms with Crippen LogP contribution in [-0.2, 0) is 0 Å². The van der Waals surface area contributed by atoms with E-state index >= 15 is 0 Å². The van der Waals surface area contributed by atoms with E-state index in [-0.39, 0.29) is 23.9 Å². The number of fused-ring (bicyclic) bond motifs is 2. The molecule has 0 aromatic heterocycles. The second-order valence-electron chi connectivity index (χ2n) is 8.85. The number of ether oxygens (including phenoxy) is 1. The van der Waals surface area contributed by atoms with Crippen LogP contribution in [0.15, 0.2) is 66.5 Å². The molecule has 0 amide bonds. The summed E-state index contributed by atoms with van der Waals surface area (Å²) in [5, 5.41) is 9.89. The van der Waals surface area contributed by atoms with E-state index in [1.165, 1.54) is 4.58 Å². The molecule has 4 rings (SSSR count). The third-order valence-corrected chi connectivity index (χ3v) is 6.78. The largest absolute Gasteiger partial charge is 0.478 e. The standard InChI is InChI=1S/C28H29F3N2O3/c1-4-32(5-2)18-11-13-22-24(15-18)36-25-16-19(33(6-3)17-28(29,30)31)12-14-23(25)26(22)20-9-7-8-10-21(20)27(34)35/h7-16,23,26H,4-6,17H2,1-3H3/p+1. The molecule has 0 fully saturated rings. The average molecular weight is 500 g/mol. The average Bonchev–Trinajstić information content (AvgIpc) is 2.85. The van der Waals surface area contributed by atoms with Crippen molar-refractivity contribution >= 4 is 17.4 Å². The summed E-state index contributed by atoms with van der Waals surface area (Å²) in [5.41, 5.74) is 3.05. The Morgan fingerprint density at radius 3 is 2.44 bits per heavy atom. The third kappa shape index (κ3) is 5.03. The summed E-state index contributed by atoms with van der Waals surface area (Å²) in [6.45, 7) is 6.51. The first-order valence-electron chi connectivity index (χ1n) is 12.1. The van der Waals surface area contributed by atoms with Crippen molar-refractivity contribution in [2.24, 2.45) is 5.92 Å². The SMILES string of the molecule is CCN(CC)c1ccc2c(c1)OC1=CC(=[N+](CC)CC(F)(F)F)C=CC1C2c1ccccc1C(=O)O. The highest BCUT2D eigenvalue weighted by atomic mass is 19.4. The van der Waals surface area contributed by atoms with Gasteiger partial charge in [0.2, 0.25) is 12.3 Å². The maximum absolute atomic E-state index is 13.2. The first-order chi connectivity index (χ1) is 17.2. The summed E-state index contributed by atoms with van der Waals surface area (Å²) >= 11 is 0. The summed E-state index contributed by atoms with van der Waals surface area (Å²) in [4.78, 5) is 14.3. The predicted octanol–water partition coefficient (Wildman–Crippen LogP) is 5.86. The van der Waals surface area contributed by atoms with Crippen molar-refractivity contribution in [1.82, 2.24) is 0 Å². The molecule has 1 aliphatic carbocycles. The number of alkyl halides is 3. The molecule has 2 aromatic rings. The van der Waals surface area contributed by atoms with E-state index in [4.69, 9.17) is 4.74 Å². The summed E-state index contributed by atoms with van der Waals surface area (Å²) in [6.07, 6.45) is 0.823. The van der Waals surface area contributed by atoms with E-state index in [1.807, 2.05) is 24.3 Å². The van der Waals surface area contributed by atoms with E-state index in [1.54, 1.807) is 43.3 Å². The van der Waals surface area contributed by atoms with Gasteiger partial charge < -0.3 is 14.7 Å². The van der Waals surface area contributed by atoms with Crippen molar-refractivity contribution in [3.63, 3.8) is 0 Å². The maximum atomic E-state index is 13.2. The Kier molecular flexibility index (Phi) is 7.24. The van der Waals surface area contributed by atoms with Gasteiger partial charge in [-0.15, -0.1) is 0 Å². The number of aromatic carboxylic acids is 1. The van der Waals surface area contributed by atoms with Crippen LogP contribution in [0.3, 0.4) is 0 Å². The van der Waals surface area contributed by atoms with Crippen LogP contribution in [0.2, 0.25) is 0 Å². The summed E-state index contributed by atoms with van der Waals surface area (Å²) in [6, 6.07) is 12.8. The lowest BCUT2D eigenvalue weighted by molar-refractivity contribution is -0.554. The highest BCUT2D eigenvalue weighted by molar-refractivity contribution is 6.02. The molecule has 2 aliphatic rings. The molecular formula is C28H30F3N2O3+. The Morgan fingerprint density at radius 1 is 1.08 bits per heavy atom. The lowest BCUT2D eigenvalue weighted by Crippen LogP contribution is -2.33. The zero-order chi connectivity index (χ0) is 26.0. The van der Waals surface area contributed by atoms with Crippen molar-refractivity contribution in [3.8, 4) is 5.75 Å². The topological polar surface area (TPSA) is 52.8 Å². The first-order valence-corrected chi connectivity index (χ1v) is 12.1. The second kappa shape index (κ2) is 10.2. The Bertz CT molecular complexity index is 1240. The normalized spacial score (nSPS) is 20.1. The Hall–Kier alpha value is -3.55. The maximum Gasteiger partial charge on any atom is 0.448 e. The number of carboxylic acids is 1. The number of nitrogens with zero attached hydrogens (tertiary/aromatic N) is 2. The predicted molar refractivity (Wildman–Crippen MR) is 133 cm³/mol. The lowest BCUT2D eigenvalue weighted by Gasteiger charge is -2.36. The molecule has 36 heavy (non-hydrogen) atoms. The van der Waals surface area contributed by atoms with Crippen molar-refractivity contribution in [1.29, 1.82) is 0 Å². The molecule has 2 aromatic carbocycles. The number of hydrogen-bond acceptors (Lipinski definition) is 3. The van der Waals surface area contributed by atoms with E-state index in [2.05, 4.69) is 18.7 Å². The van der Waals surface area contributed by atoms with Gasteiger partial charge in [-0.3, -0.25) is 0 Å². The molecule has 0 saturated carbocycles. The van der Waals surface area contributed by atoms with Gasteiger partial charge in [0, 0.05) is 54.4 Å². The summed E-state index contributed by atoms with van der Waals surface area (Å²) < 4.78 is 47.1. The Balaban J connectivity index is 1.89. The van der Waals surface area contributed by atoms with Gasteiger partial charge >= 0.3 is 12.1 Å². The molecule has 190 valence electrons. The fourth-order valence-electron chi connectivity index (χ4n) is 5.06. The summed E-state index contributed by atoms with van der Waals surface area (Å²) in [7, 11) is 0. The van der Waals surface area contributed by atoms with Crippen molar-refractivity contribution < 1.29 is 32.4 Å². The highest BCUT2D eigenvalue weighted by Crippen LogP contribution is 2.49. The van der Waals surface area contributed by atoms with Crippen molar-refractivity contribution in [2.45, 2.75) is 32.9 Å². The molecule has 1 heterocycles. The van der Waals surface area contributed by atoms with Gasteiger partial charge in [0.1, 0.15) is 18.1 Å². The molecule has 1 N–H and O–H groups in total. The number of halogens is 3. The van der Waals surface area contributed by atoms with Crippen LogP contribution >= 0.6 is 0 Å². The number of allylic oxidation sites excluding steroid dienone is 3. The summed E-state index contributed by atoms with van der Waals surface area (Å²) in [5.74, 6) is -0.666. The first kappa shape index (κ1) is 25.5. The van der Waals surface area contributed by atoms with E-state index in [9.17, 15) is 23.1 Å². The van der Waals surface area contributed by atoms with Gasteiger partial charge in [-0.2, -0.15) is 13.2 Å². The molecule has 5 nitrogen and oxygen atoms in total. The molecule has 0 radical (unpaired) electrons. The van der Waals surface area contributed by atoms with E-state index in [0.717, 1.165) is 24.3 Å². The van der Waals surface area contributed by atoms with Crippen LogP contribution in [0.5, 0.6) is 5.75 Å². The zero-order valence-corrected chi connectivity index (χ0v) is 20.5. The van der Waals surface area contributed by atoms with Gasteiger partial charge in [-0.25, -0.2) is 9.37 Å². The third-order valence-electron chi connectivity index (χ3n) is 6.78. The molecule has 0 saturated heterocycles. The number of carboxylic acid groups (broad SMARTS) is 1. The lowest BCUT2D eigenvalue weighted by atomic mass is 9.74. The highest BCUT2D eigenvalue weighted by Gasteiger charge is 2.40. The molecular weight excluding hydrogens is 469 g/mol. The minimum absolute atomic E-state index is 0.182. The monoisotopic (exact) mass is 499 g/mol. The van der Waals surface area contributed by atoms with Gasteiger partial charge in [0.05, 0.1) is 5.56 Å². The van der Waals surface area contributed by atoms with Crippen LogP contribution < -0.4 is 9.64 Å². The molecule has 2 atom stereocenters. The number of hydrogen-bond donors (Lipinski definition) is 1. The van der Waals surface area contributed by atoms with Gasteiger partial charge in [-0.1, -0.05) is 30.3 Å². The fourth-order valence-corrected chi connectivity index (χ4v) is 5.06. The quantitative estimate of drug-likeness (QED) is 0.485. The van der Waals surface area contributed by atoms with E-state index in [0.29, 0.717) is 22.8 Å². The molecule has 0 spiro atoms. The van der Waals surface area contributed by atoms with Crippen molar-refractivity contribution in [2.75, 3.05) is 31.1 Å². The number of benzene rings is 2. The molecule has 0 bridgehead atoms. The number of anilines is 1. The fraction of sp³-hybridized carbons (Fsp3) is 0.357. The molecule has 8 heteroatoms. The second-order valence-corrected chi connectivity index (χ2v) is 8.85. The van der Waals surface area contributed by atoms with Gasteiger partial charge in [0.25, 0.3) is 0 Å². The Labute approximate surface area is 208 Å². The van der Waals surface area contributed by atoms with E-state index < -0.39 is 18.7 Å². The molecule has 2 unspecified atom stereocenters. The van der Waals surface area contributed by atoms with Crippen LogP contribution in [-0.4, -0.2) is 53.7 Å². The molecule has 1 aliphatic heterocycles. The zero-order valence-electron chi connectivity index (χ0n) is 20.5. The van der Waals surface area contributed by atoms with Gasteiger partial charge in [-0.05, 0) is 38.5 Å². The van der Waals surface area contributed by atoms with Crippen LogP contribution in [0, 0.1) is 5.92 Å². The minimum atomic E-state index is -4.34. The van der Waals surface area contributed by atoms with Crippen molar-refractivity contribution in [3.05, 3.63) is 83.1 Å². The van der Waals surface area contributed by atoms with Crippen LogP contribution in [0.25, 0.3) is 0 Å². The Morgan fingerprint density at radius 2 is 1.81 bits per heavy atom. The number of carbonyl (C=O) groups is 1. The van der Waals surface area contributed by atoms with Gasteiger partial charge in [0.15, 0.2) is 0 Å². The van der Waals surface area contributed by atoms with Crippen LogP contribution in [0.1, 0.15) is 48.2 Å². The van der Waals surface area contributed by atoms with Crippen LogP contribution in [0.4, 0.5) is 18.9 Å². The minimum Gasteiger partial charge on any atom is -0.478 e.